The van der Waals surface area contributed by atoms with Gasteiger partial charge < -0.3 is 20.1 Å². The summed E-state index contributed by atoms with van der Waals surface area (Å²) in [4.78, 5) is 23.0. The molecule has 0 saturated carbocycles. The quantitative estimate of drug-likeness (QED) is 0.589. The van der Waals surface area contributed by atoms with E-state index in [4.69, 9.17) is 21.1 Å². The number of alkyl carbamates (subject to hydrolysis) is 1. The fourth-order valence-corrected chi connectivity index (χ4v) is 1.53. The predicted octanol–water partition coefficient (Wildman–Crippen LogP) is 1.39. The minimum atomic E-state index is -0.558. The number of rotatable bonds is 7. The summed E-state index contributed by atoms with van der Waals surface area (Å²) in [6.45, 7) is 0.704. The van der Waals surface area contributed by atoms with E-state index < -0.39 is 6.09 Å². The van der Waals surface area contributed by atoms with E-state index in [0.717, 1.165) is 0 Å². The van der Waals surface area contributed by atoms with Gasteiger partial charge in [-0.25, -0.2) is 4.79 Å². The average Bonchev–Trinajstić information content (AvgIpc) is 2.49. The molecule has 0 saturated heterocycles. The van der Waals surface area contributed by atoms with Crippen LogP contribution in [0.3, 0.4) is 0 Å². The molecule has 1 aromatic rings. The number of amides is 2. The van der Waals surface area contributed by atoms with Crippen molar-refractivity contribution in [3.8, 4) is 5.75 Å². The zero-order valence-corrected chi connectivity index (χ0v) is 11.9. The standard InChI is InChI=1S/C13H17ClN2O4/c1-19-11-5-3-2-4-10(11)12(17)15-7-8-16-13(18)20-9-6-14/h2-5H,6-9H2,1H3,(H,15,17)(H,16,18). The van der Waals surface area contributed by atoms with E-state index >= 15 is 0 Å². The van der Waals surface area contributed by atoms with Crippen LogP contribution < -0.4 is 15.4 Å². The molecule has 0 aliphatic heterocycles. The van der Waals surface area contributed by atoms with E-state index in [2.05, 4.69) is 10.6 Å². The lowest BCUT2D eigenvalue weighted by molar-refractivity contribution is 0.0949. The Labute approximate surface area is 122 Å². The molecule has 6 nitrogen and oxygen atoms in total. The summed E-state index contributed by atoms with van der Waals surface area (Å²) < 4.78 is 9.80. The van der Waals surface area contributed by atoms with Crippen molar-refractivity contribution in [1.29, 1.82) is 0 Å². The van der Waals surface area contributed by atoms with E-state index in [0.29, 0.717) is 11.3 Å². The Balaban J connectivity index is 2.31. The van der Waals surface area contributed by atoms with E-state index in [1.807, 2.05) is 0 Å². The van der Waals surface area contributed by atoms with E-state index in [1.54, 1.807) is 24.3 Å². The van der Waals surface area contributed by atoms with Crippen molar-refractivity contribution in [2.75, 3.05) is 32.7 Å². The molecule has 2 N–H and O–H groups in total. The fourth-order valence-electron chi connectivity index (χ4n) is 1.45. The highest BCUT2D eigenvalue weighted by Crippen LogP contribution is 2.16. The van der Waals surface area contributed by atoms with Gasteiger partial charge in [-0.05, 0) is 12.1 Å². The van der Waals surface area contributed by atoms with Gasteiger partial charge in [0, 0.05) is 13.1 Å². The van der Waals surface area contributed by atoms with Crippen molar-refractivity contribution in [3.63, 3.8) is 0 Å². The first kappa shape index (κ1) is 16.1. The fraction of sp³-hybridized carbons (Fsp3) is 0.385. The van der Waals surface area contributed by atoms with Crippen LogP contribution in [0.25, 0.3) is 0 Å². The van der Waals surface area contributed by atoms with E-state index in [1.165, 1.54) is 7.11 Å². The molecular weight excluding hydrogens is 284 g/mol. The molecule has 0 aliphatic carbocycles. The predicted molar refractivity (Wildman–Crippen MR) is 75.4 cm³/mol. The summed E-state index contributed by atoms with van der Waals surface area (Å²) in [7, 11) is 1.50. The molecule has 110 valence electrons. The van der Waals surface area contributed by atoms with Crippen LogP contribution in [0.2, 0.25) is 0 Å². The van der Waals surface area contributed by atoms with Crippen molar-refractivity contribution in [1.82, 2.24) is 10.6 Å². The molecule has 1 rings (SSSR count). The molecule has 0 aliphatic rings. The second-order valence-corrected chi connectivity index (χ2v) is 4.09. The first-order valence-corrected chi connectivity index (χ1v) is 6.60. The number of alkyl halides is 1. The van der Waals surface area contributed by atoms with Crippen molar-refractivity contribution in [2.45, 2.75) is 0 Å². The first-order valence-electron chi connectivity index (χ1n) is 6.07. The molecule has 0 spiro atoms. The molecule has 0 radical (unpaired) electrons. The van der Waals surface area contributed by atoms with Gasteiger partial charge in [0.25, 0.3) is 5.91 Å². The molecule has 0 heterocycles. The maximum Gasteiger partial charge on any atom is 0.407 e. The number of halogens is 1. The highest BCUT2D eigenvalue weighted by Gasteiger charge is 2.10. The molecule has 1 aromatic carbocycles. The number of methoxy groups -OCH3 is 1. The molecule has 0 bridgehead atoms. The number of carbonyl (C=O) groups excluding carboxylic acids is 2. The molecular formula is C13H17ClN2O4. The Hall–Kier alpha value is -1.95. The Kier molecular flexibility index (Phi) is 7.27. The van der Waals surface area contributed by atoms with Gasteiger partial charge in [-0.15, -0.1) is 11.6 Å². The lowest BCUT2D eigenvalue weighted by Gasteiger charge is -2.09. The number of ether oxygens (including phenoxy) is 2. The van der Waals surface area contributed by atoms with Gasteiger partial charge >= 0.3 is 6.09 Å². The molecule has 20 heavy (non-hydrogen) atoms. The van der Waals surface area contributed by atoms with Crippen LogP contribution in [-0.2, 0) is 4.74 Å². The largest absolute Gasteiger partial charge is 0.496 e. The highest BCUT2D eigenvalue weighted by atomic mass is 35.5. The van der Waals surface area contributed by atoms with Gasteiger partial charge in [0.1, 0.15) is 12.4 Å². The number of hydrogen-bond acceptors (Lipinski definition) is 4. The normalized spacial score (nSPS) is 9.70. The Morgan fingerprint density at radius 3 is 2.60 bits per heavy atom. The Morgan fingerprint density at radius 2 is 1.90 bits per heavy atom. The van der Waals surface area contributed by atoms with Crippen LogP contribution in [0, 0.1) is 0 Å². The summed E-state index contributed by atoms with van der Waals surface area (Å²) in [5.74, 6) is 0.482. The Morgan fingerprint density at radius 1 is 1.20 bits per heavy atom. The van der Waals surface area contributed by atoms with Gasteiger partial charge in [0.2, 0.25) is 0 Å². The lowest BCUT2D eigenvalue weighted by atomic mass is 10.2. The summed E-state index contributed by atoms with van der Waals surface area (Å²) in [6.07, 6.45) is -0.558. The molecule has 0 unspecified atom stereocenters. The monoisotopic (exact) mass is 300 g/mol. The maximum absolute atomic E-state index is 11.9. The second kappa shape index (κ2) is 9.03. The van der Waals surface area contributed by atoms with Crippen molar-refractivity contribution in [2.24, 2.45) is 0 Å². The molecule has 0 atom stereocenters. The SMILES string of the molecule is COc1ccccc1C(=O)NCCNC(=O)OCCCl. The minimum Gasteiger partial charge on any atom is -0.496 e. The van der Waals surface area contributed by atoms with Crippen LogP contribution >= 0.6 is 11.6 Å². The van der Waals surface area contributed by atoms with Crippen molar-refractivity contribution < 1.29 is 19.1 Å². The zero-order chi connectivity index (χ0) is 14.8. The van der Waals surface area contributed by atoms with E-state index in [-0.39, 0.29) is 31.5 Å². The molecule has 2 amide bonds. The number of carbonyl (C=O) groups is 2. The highest BCUT2D eigenvalue weighted by molar-refractivity contribution is 6.18. The van der Waals surface area contributed by atoms with Gasteiger partial charge in [0.05, 0.1) is 18.6 Å². The maximum atomic E-state index is 11.9. The topological polar surface area (TPSA) is 76.7 Å². The van der Waals surface area contributed by atoms with Crippen LogP contribution in [0.5, 0.6) is 5.75 Å². The summed E-state index contributed by atoms with van der Waals surface area (Å²) >= 11 is 5.37. The van der Waals surface area contributed by atoms with Crippen LogP contribution in [-0.4, -0.2) is 44.7 Å². The van der Waals surface area contributed by atoms with Gasteiger partial charge in [0.15, 0.2) is 0 Å². The van der Waals surface area contributed by atoms with E-state index in [9.17, 15) is 9.59 Å². The van der Waals surface area contributed by atoms with Crippen LogP contribution in [0.4, 0.5) is 4.79 Å². The molecule has 0 aromatic heterocycles. The van der Waals surface area contributed by atoms with Gasteiger partial charge in [-0.1, -0.05) is 12.1 Å². The third-order valence-corrected chi connectivity index (χ3v) is 2.50. The van der Waals surface area contributed by atoms with Gasteiger partial charge in [-0.3, -0.25) is 4.79 Å². The lowest BCUT2D eigenvalue weighted by Crippen LogP contribution is -2.35. The number of benzene rings is 1. The van der Waals surface area contributed by atoms with Crippen LogP contribution in [0.1, 0.15) is 10.4 Å². The molecule has 0 fully saturated rings. The summed E-state index contributed by atoms with van der Waals surface area (Å²) in [5.41, 5.74) is 0.444. The van der Waals surface area contributed by atoms with Crippen LogP contribution in [0.15, 0.2) is 24.3 Å². The molecule has 7 heteroatoms. The zero-order valence-electron chi connectivity index (χ0n) is 11.1. The minimum absolute atomic E-state index is 0.154. The average molecular weight is 301 g/mol. The number of nitrogens with one attached hydrogen (secondary N) is 2. The number of para-hydroxylation sites is 1. The third-order valence-electron chi connectivity index (χ3n) is 2.34. The first-order chi connectivity index (χ1) is 9.69. The number of hydrogen-bond donors (Lipinski definition) is 2. The van der Waals surface area contributed by atoms with Crippen molar-refractivity contribution >= 4 is 23.6 Å². The summed E-state index contributed by atoms with van der Waals surface area (Å²) in [6, 6.07) is 6.90. The Bertz CT molecular complexity index is 454. The third kappa shape index (κ3) is 5.36. The van der Waals surface area contributed by atoms with Gasteiger partial charge in [-0.2, -0.15) is 0 Å². The second-order valence-electron chi connectivity index (χ2n) is 3.71. The summed E-state index contributed by atoms with van der Waals surface area (Å²) in [5, 5.41) is 5.16. The smallest absolute Gasteiger partial charge is 0.407 e. The van der Waals surface area contributed by atoms with Crippen molar-refractivity contribution in [3.05, 3.63) is 29.8 Å².